The summed E-state index contributed by atoms with van der Waals surface area (Å²) in [6.45, 7) is 1.21. The SMILES string of the molecule is NC1CN(c2nc(O)c(/C(Cc3ccc(Cl)cc3C(F)(F)F)=c3\ccc4c(c3)C=NN=4)s2)C1. The van der Waals surface area contributed by atoms with Gasteiger partial charge in [0.25, 0.3) is 0 Å². The maximum Gasteiger partial charge on any atom is 0.416 e. The molecular formula is C22H17ClF3N5OS. The Morgan fingerprint density at radius 1 is 1.21 bits per heavy atom. The summed E-state index contributed by atoms with van der Waals surface area (Å²) in [6.07, 6.45) is -3.09. The Morgan fingerprint density at radius 2 is 2.00 bits per heavy atom. The van der Waals surface area contributed by atoms with Crippen molar-refractivity contribution in [3.05, 3.63) is 73.6 Å². The number of thiazole rings is 1. The number of nitrogens with two attached hydrogens (primary N) is 1. The Morgan fingerprint density at radius 3 is 2.73 bits per heavy atom. The van der Waals surface area contributed by atoms with E-state index in [2.05, 4.69) is 15.2 Å². The summed E-state index contributed by atoms with van der Waals surface area (Å²) in [6, 6.07) is 9.05. The molecule has 0 aliphatic carbocycles. The predicted molar refractivity (Wildman–Crippen MR) is 121 cm³/mol. The van der Waals surface area contributed by atoms with Crippen molar-refractivity contribution >= 4 is 39.9 Å². The van der Waals surface area contributed by atoms with Gasteiger partial charge in [0.1, 0.15) is 0 Å². The highest BCUT2D eigenvalue weighted by atomic mass is 35.5. The second-order valence-electron chi connectivity index (χ2n) is 7.89. The Bertz CT molecular complexity index is 1400. The minimum Gasteiger partial charge on any atom is -0.492 e. The van der Waals surface area contributed by atoms with Crippen LogP contribution in [0.3, 0.4) is 0 Å². The highest BCUT2D eigenvalue weighted by Crippen LogP contribution is 2.40. The Hall–Kier alpha value is -2.95. The fourth-order valence-electron chi connectivity index (χ4n) is 3.86. The van der Waals surface area contributed by atoms with Gasteiger partial charge in [-0.15, -0.1) is 0 Å². The molecule has 1 fully saturated rings. The van der Waals surface area contributed by atoms with Crippen molar-refractivity contribution in [2.24, 2.45) is 15.9 Å². The summed E-state index contributed by atoms with van der Waals surface area (Å²) < 4.78 is 41.3. The van der Waals surface area contributed by atoms with E-state index in [1.165, 1.54) is 23.5 Å². The smallest absolute Gasteiger partial charge is 0.416 e. The number of hydrogen-bond acceptors (Lipinski definition) is 7. The van der Waals surface area contributed by atoms with Crippen LogP contribution >= 0.6 is 22.9 Å². The van der Waals surface area contributed by atoms with Crippen LogP contribution in [0.25, 0.3) is 5.57 Å². The highest BCUT2D eigenvalue weighted by Gasteiger charge is 2.34. The number of hydrogen-bond donors (Lipinski definition) is 2. The van der Waals surface area contributed by atoms with Gasteiger partial charge in [0, 0.05) is 36.1 Å². The molecule has 3 heterocycles. The van der Waals surface area contributed by atoms with Crippen LogP contribution in [-0.2, 0) is 12.6 Å². The van der Waals surface area contributed by atoms with E-state index in [1.54, 1.807) is 24.4 Å². The van der Waals surface area contributed by atoms with Gasteiger partial charge in [-0.1, -0.05) is 35.1 Å². The van der Waals surface area contributed by atoms with Crippen LogP contribution in [0, 0.1) is 0 Å². The van der Waals surface area contributed by atoms with Crippen LogP contribution in [0.2, 0.25) is 5.02 Å². The van der Waals surface area contributed by atoms with Crippen molar-refractivity contribution in [3.8, 4) is 5.88 Å². The number of rotatable bonds is 4. The van der Waals surface area contributed by atoms with E-state index in [0.29, 0.717) is 39.2 Å². The third-order valence-electron chi connectivity index (χ3n) is 5.54. The number of fused-ring (bicyclic) bond motifs is 1. The first kappa shape index (κ1) is 21.9. The van der Waals surface area contributed by atoms with Gasteiger partial charge in [0.05, 0.1) is 22.0 Å². The number of alkyl halides is 3. The normalized spacial score (nSPS) is 16.5. The van der Waals surface area contributed by atoms with Crippen LogP contribution in [0.1, 0.15) is 21.6 Å². The molecule has 0 spiro atoms. The first-order valence-corrected chi connectivity index (χ1v) is 11.2. The van der Waals surface area contributed by atoms with E-state index < -0.39 is 11.7 Å². The van der Waals surface area contributed by atoms with E-state index in [4.69, 9.17) is 17.3 Å². The van der Waals surface area contributed by atoms with Gasteiger partial charge in [-0.05, 0) is 40.6 Å². The lowest BCUT2D eigenvalue weighted by atomic mass is 9.96. The number of aromatic nitrogens is 1. The molecule has 0 unspecified atom stereocenters. The van der Waals surface area contributed by atoms with Crippen molar-refractivity contribution in [2.45, 2.75) is 18.6 Å². The molecule has 2 aromatic carbocycles. The van der Waals surface area contributed by atoms with Gasteiger partial charge in [-0.3, -0.25) is 0 Å². The van der Waals surface area contributed by atoms with Crippen molar-refractivity contribution in [2.75, 3.05) is 18.0 Å². The molecule has 5 rings (SSSR count). The standard InChI is InChI=1S/C22H17ClF3N5OS/c23-14-3-1-12(17(7-14)22(24,25)26)6-16(11-2-4-18-13(5-11)8-28-30-18)19-20(32)29-21(33-19)31-9-15(27)10-31/h1-5,7-8,15,32H,6,9-10,27H2/b16-11+. The van der Waals surface area contributed by atoms with Crippen molar-refractivity contribution < 1.29 is 18.3 Å². The fourth-order valence-corrected chi connectivity index (χ4v) is 5.08. The molecule has 0 saturated carbocycles. The van der Waals surface area contributed by atoms with Crippen LogP contribution in [0.15, 0.2) is 46.6 Å². The summed E-state index contributed by atoms with van der Waals surface area (Å²) in [5.74, 6) is -0.230. The summed E-state index contributed by atoms with van der Waals surface area (Å²) in [7, 11) is 0. The van der Waals surface area contributed by atoms with Gasteiger partial charge < -0.3 is 15.7 Å². The predicted octanol–water partition coefficient (Wildman–Crippen LogP) is 3.08. The summed E-state index contributed by atoms with van der Waals surface area (Å²) in [5, 5.41) is 20.5. The molecule has 0 amide bonds. The summed E-state index contributed by atoms with van der Waals surface area (Å²) in [4.78, 5) is 6.58. The average molecular weight is 492 g/mol. The zero-order valence-electron chi connectivity index (χ0n) is 17.0. The molecule has 0 atom stereocenters. The maximum atomic E-state index is 13.8. The Balaban J connectivity index is 1.67. The van der Waals surface area contributed by atoms with Crippen molar-refractivity contribution in [1.29, 1.82) is 0 Å². The number of aromatic hydroxyl groups is 1. The molecule has 0 bridgehead atoms. The first-order chi connectivity index (χ1) is 15.7. The second kappa shape index (κ2) is 8.12. The maximum absolute atomic E-state index is 13.8. The number of nitrogens with zero attached hydrogens (tertiary/aromatic N) is 4. The minimum atomic E-state index is -4.58. The van der Waals surface area contributed by atoms with Crippen LogP contribution in [-0.4, -0.2) is 35.4 Å². The van der Waals surface area contributed by atoms with Gasteiger partial charge in [0.2, 0.25) is 5.88 Å². The largest absolute Gasteiger partial charge is 0.492 e. The quantitative estimate of drug-likeness (QED) is 0.587. The molecule has 2 aliphatic heterocycles. The molecule has 3 aromatic rings. The monoisotopic (exact) mass is 491 g/mol. The number of benzene rings is 2. The van der Waals surface area contributed by atoms with Crippen LogP contribution < -0.4 is 21.2 Å². The molecule has 3 N–H and O–H groups in total. The van der Waals surface area contributed by atoms with Gasteiger partial charge in [-0.2, -0.15) is 28.4 Å². The van der Waals surface area contributed by atoms with Crippen molar-refractivity contribution in [1.82, 2.24) is 4.98 Å². The molecule has 6 nitrogen and oxygen atoms in total. The van der Waals surface area contributed by atoms with Crippen molar-refractivity contribution in [3.63, 3.8) is 0 Å². The molecule has 2 aliphatic rings. The topological polar surface area (TPSA) is 87.1 Å². The number of halogens is 4. The molecule has 11 heteroatoms. The van der Waals surface area contributed by atoms with Gasteiger partial charge in [0.15, 0.2) is 5.13 Å². The zero-order valence-corrected chi connectivity index (χ0v) is 18.5. The van der Waals surface area contributed by atoms with E-state index in [0.717, 1.165) is 11.6 Å². The molecule has 170 valence electrons. The highest BCUT2D eigenvalue weighted by molar-refractivity contribution is 7.17. The summed E-state index contributed by atoms with van der Waals surface area (Å²) >= 11 is 7.08. The molecule has 0 radical (unpaired) electrons. The third-order valence-corrected chi connectivity index (χ3v) is 6.94. The molecule has 1 aromatic heterocycles. The molecule has 33 heavy (non-hydrogen) atoms. The Labute approximate surface area is 195 Å². The van der Waals surface area contributed by atoms with Crippen LogP contribution in [0.4, 0.5) is 18.3 Å². The lowest BCUT2D eigenvalue weighted by Gasteiger charge is -2.36. The third kappa shape index (κ3) is 4.21. The van der Waals surface area contributed by atoms with E-state index >= 15 is 0 Å². The van der Waals surface area contributed by atoms with Crippen LogP contribution in [0.5, 0.6) is 5.88 Å². The van der Waals surface area contributed by atoms with Gasteiger partial charge in [-0.25, -0.2) is 0 Å². The lowest BCUT2D eigenvalue weighted by molar-refractivity contribution is -0.138. The van der Waals surface area contributed by atoms with E-state index in [1.807, 2.05) is 4.90 Å². The molecule has 1 saturated heterocycles. The first-order valence-electron chi connectivity index (χ1n) is 9.99. The van der Waals surface area contributed by atoms with E-state index in [9.17, 15) is 18.3 Å². The van der Waals surface area contributed by atoms with E-state index in [-0.39, 0.29) is 28.9 Å². The Kier molecular flexibility index (Phi) is 5.38. The fraction of sp³-hybridized carbons (Fsp3) is 0.227. The number of anilines is 1. The molecular weight excluding hydrogens is 475 g/mol. The zero-order chi connectivity index (χ0) is 23.3. The average Bonchev–Trinajstić information content (AvgIpc) is 3.35. The minimum absolute atomic E-state index is 0.0000230. The summed E-state index contributed by atoms with van der Waals surface area (Å²) in [5.41, 5.74) is 6.34. The lowest BCUT2D eigenvalue weighted by Crippen LogP contribution is -2.55. The van der Waals surface area contributed by atoms with Gasteiger partial charge >= 0.3 is 6.18 Å². The second-order valence-corrected chi connectivity index (χ2v) is 9.30.